The van der Waals surface area contributed by atoms with E-state index in [0.717, 1.165) is 0 Å². The number of hydrogen-bond donors (Lipinski definition) is 0. The topological polar surface area (TPSA) is 52.4 Å². The van der Waals surface area contributed by atoms with Gasteiger partial charge in [-0.3, -0.25) is 10.1 Å². The van der Waals surface area contributed by atoms with Gasteiger partial charge in [0.25, 0.3) is 5.69 Å². The van der Waals surface area contributed by atoms with E-state index in [0.29, 0.717) is 15.8 Å². The highest BCUT2D eigenvalue weighted by Gasteiger charge is 2.13. The minimum atomic E-state index is -0.473. The first-order valence-corrected chi connectivity index (χ1v) is 6.17. The van der Waals surface area contributed by atoms with Crippen molar-refractivity contribution in [3.63, 3.8) is 0 Å². The van der Waals surface area contributed by atoms with E-state index >= 15 is 0 Å². The van der Waals surface area contributed by atoms with Crippen LogP contribution in [0.2, 0.25) is 0 Å². The number of ether oxygens (including phenoxy) is 1. The number of halogens is 2. The normalized spacial score (nSPS) is 10.2. The van der Waals surface area contributed by atoms with Crippen LogP contribution in [0.5, 0.6) is 5.75 Å². The molecule has 0 aliphatic rings. The number of rotatable bonds is 4. The summed E-state index contributed by atoms with van der Waals surface area (Å²) in [6, 6.07) is 10.3. The molecule has 2 aromatic carbocycles. The van der Waals surface area contributed by atoms with Crippen LogP contribution in [0.15, 0.2) is 46.9 Å². The molecule has 0 saturated carbocycles. The van der Waals surface area contributed by atoms with Crippen LogP contribution < -0.4 is 4.74 Å². The van der Waals surface area contributed by atoms with Gasteiger partial charge < -0.3 is 4.74 Å². The predicted molar refractivity (Wildman–Crippen MR) is 71.5 cm³/mol. The molecule has 98 valence electrons. The van der Waals surface area contributed by atoms with Crippen LogP contribution in [0.4, 0.5) is 10.1 Å². The van der Waals surface area contributed by atoms with Crippen molar-refractivity contribution in [3.8, 4) is 5.75 Å². The SMILES string of the molecule is O=[N+]([O-])c1ccccc1COc1cc(F)ccc1Br. The number of benzene rings is 2. The van der Waals surface area contributed by atoms with Gasteiger partial charge in [0.15, 0.2) is 0 Å². The molecular weight excluding hydrogens is 317 g/mol. The van der Waals surface area contributed by atoms with Crippen LogP contribution >= 0.6 is 15.9 Å². The number of hydrogen-bond acceptors (Lipinski definition) is 3. The Labute approximate surface area is 117 Å². The molecule has 6 heteroatoms. The van der Waals surface area contributed by atoms with Crippen molar-refractivity contribution in [1.82, 2.24) is 0 Å². The zero-order valence-electron chi connectivity index (χ0n) is 9.68. The zero-order valence-corrected chi connectivity index (χ0v) is 11.3. The van der Waals surface area contributed by atoms with E-state index in [1.165, 1.54) is 24.3 Å². The fourth-order valence-corrected chi connectivity index (χ4v) is 1.92. The third kappa shape index (κ3) is 3.29. The molecule has 0 spiro atoms. The van der Waals surface area contributed by atoms with Crippen LogP contribution in [0, 0.1) is 15.9 Å². The first-order chi connectivity index (χ1) is 9.08. The summed E-state index contributed by atoms with van der Waals surface area (Å²) in [4.78, 5) is 10.4. The fraction of sp³-hybridized carbons (Fsp3) is 0.0769. The Morgan fingerprint density at radius 2 is 2.00 bits per heavy atom. The molecule has 2 rings (SSSR count). The zero-order chi connectivity index (χ0) is 13.8. The van der Waals surface area contributed by atoms with Gasteiger partial charge in [-0.05, 0) is 34.1 Å². The Balaban J connectivity index is 2.19. The predicted octanol–water partition coefficient (Wildman–Crippen LogP) is 4.08. The van der Waals surface area contributed by atoms with Gasteiger partial charge in [0.1, 0.15) is 18.2 Å². The van der Waals surface area contributed by atoms with E-state index in [9.17, 15) is 14.5 Å². The van der Waals surface area contributed by atoms with Gasteiger partial charge in [-0.15, -0.1) is 0 Å². The van der Waals surface area contributed by atoms with Gasteiger partial charge in [0, 0.05) is 12.1 Å². The first kappa shape index (κ1) is 13.5. The number of para-hydroxylation sites is 1. The lowest BCUT2D eigenvalue weighted by atomic mass is 10.2. The Morgan fingerprint density at radius 1 is 1.26 bits per heavy atom. The first-order valence-electron chi connectivity index (χ1n) is 5.38. The average Bonchev–Trinajstić information content (AvgIpc) is 2.40. The molecule has 2 aromatic rings. The highest BCUT2D eigenvalue weighted by atomic mass is 79.9. The van der Waals surface area contributed by atoms with Crippen molar-refractivity contribution >= 4 is 21.6 Å². The highest BCUT2D eigenvalue weighted by molar-refractivity contribution is 9.10. The average molecular weight is 326 g/mol. The highest BCUT2D eigenvalue weighted by Crippen LogP contribution is 2.27. The van der Waals surface area contributed by atoms with E-state index in [-0.39, 0.29) is 12.3 Å². The minimum Gasteiger partial charge on any atom is -0.487 e. The maximum absolute atomic E-state index is 13.1. The van der Waals surface area contributed by atoms with Gasteiger partial charge >= 0.3 is 0 Å². The van der Waals surface area contributed by atoms with Crippen LogP contribution in [0.1, 0.15) is 5.56 Å². The van der Waals surface area contributed by atoms with Crippen LogP contribution in [-0.2, 0) is 6.61 Å². The molecular formula is C13H9BrFNO3. The molecule has 0 atom stereocenters. The second-order valence-electron chi connectivity index (χ2n) is 3.75. The molecule has 0 aliphatic heterocycles. The van der Waals surface area contributed by atoms with Crippen LogP contribution in [0.3, 0.4) is 0 Å². The maximum atomic E-state index is 13.1. The van der Waals surface area contributed by atoms with Gasteiger partial charge in [0.2, 0.25) is 0 Å². The van der Waals surface area contributed by atoms with Gasteiger partial charge in [0.05, 0.1) is 15.0 Å². The number of nitrogens with zero attached hydrogens (tertiary/aromatic N) is 1. The largest absolute Gasteiger partial charge is 0.487 e. The summed E-state index contributed by atoms with van der Waals surface area (Å²) in [6.07, 6.45) is 0. The van der Waals surface area contributed by atoms with Crippen molar-refractivity contribution in [2.75, 3.05) is 0 Å². The molecule has 0 radical (unpaired) electrons. The van der Waals surface area contributed by atoms with E-state index in [4.69, 9.17) is 4.74 Å². The molecule has 0 fully saturated rings. The molecule has 0 heterocycles. The number of nitro groups is 1. The summed E-state index contributed by atoms with van der Waals surface area (Å²) in [5, 5.41) is 10.8. The second kappa shape index (κ2) is 5.79. The summed E-state index contributed by atoms with van der Waals surface area (Å²) in [6.45, 7) is -0.000787. The molecule has 0 aliphatic carbocycles. The van der Waals surface area contributed by atoms with E-state index in [2.05, 4.69) is 15.9 Å². The van der Waals surface area contributed by atoms with Crippen molar-refractivity contribution in [2.45, 2.75) is 6.61 Å². The lowest BCUT2D eigenvalue weighted by Gasteiger charge is -2.08. The van der Waals surface area contributed by atoms with Crippen molar-refractivity contribution in [2.24, 2.45) is 0 Å². The van der Waals surface area contributed by atoms with Gasteiger partial charge in [-0.1, -0.05) is 12.1 Å². The lowest BCUT2D eigenvalue weighted by molar-refractivity contribution is -0.385. The Bertz CT molecular complexity index is 619. The summed E-state index contributed by atoms with van der Waals surface area (Å²) in [5.74, 6) is -0.126. The maximum Gasteiger partial charge on any atom is 0.276 e. The summed E-state index contributed by atoms with van der Waals surface area (Å²) >= 11 is 3.23. The summed E-state index contributed by atoms with van der Waals surface area (Å²) < 4.78 is 19.1. The monoisotopic (exact) mass is 325 g/mol. The second-order valence-corrected chi connectivity index (χ2v) is 4.60. The Kier molecular flexibility index (Phi) is 4.11. The third-order valence-corrected chi connectivity index (χ3v) is 3.12. The van der Waals surface area contributed by atoms with Crippen LogP contribution in [0.25, 0.3) is 0 Å². The lowest BCUT2D eigenvalue weighted by Crippen LogP contribution is -2.01. The smallest absolute Gasteiger partial charge is 0.276 e. The molecule has 19 heavy (non-hydrogen) atoms. The standard InChI is InChI=1S/C13H9BrFNO3/c14-11-6-5-10(15)7-13(11)19-8-9-3-1-2-4-12(9)16(17)18/h1-7H,8H2. The van der Waals surface area contributed by atoms with E-state index in [1.807, 2.05) is 0 Å². The molecule has 0 aromatic heterocycles. The summed E-state index contributed by atoms with van der Waals surface area (Å²) in [5.41, 5.74) is 0.415. The van der Waals surface area contributed by atoms with Gasteiger partial charge in [-0.25, -0.2) is 4.39 Å². The van der Waals surface area contributed by atoms with Crippen molar-refractivity contribution in [3.05, 3.63) is 68.4 Å². The molecule has 0 saturated heterocycles. The molecule has 0 amide bonds. The van der Waals surface area contributed by atoms with E-state index in [1.54, 1.807) is 18.2 Å². The Hall–Kier alpha value is -1.95. The quantitative estimate of drug-likeness (QED) is 0.628. The third-order valence-electron chi connectivity index (χ3n) is 2.46. The molecule has 0 bridgehead atoms. The minimum absolute atomic E-state index is 0.000787. The van der Waals surface area contributed by atoms with E-state index < -0.39 is 10.7 Å². The van der Waals surface area contributed by atoms with Crippen LogP contribution in [-0.4, -0.2) is 4.92 Å². The molecule has 0 unspecified atom stereocenters. The fourth-order valence-electron chi connectivity index (χ4n) is 1.55. The number of nitro benzene ring substituents is 1. The van der Waals surface area contributed by atoms with Crippen molar-refractivity contribution < 1.29 is 14.1 Å². The van der Waals surface area contributed by atoms with Crippen molar-refractivity contribution in [1.29, 1.82) is 0 Å². The summed E-state index contributed by atoms with van der Waals surface area (Å²) in [7, 11) is 0. The molecule has 0 N–H and O–H groups in total. The van der Waals surface area contributed by atoms with Gasteiger partial charge in [-0.2, -0.15) is 0 Å². The molecule has 4 nitrogen and oxygen atoms in total. The Morgan fingerprint density at radius 3 is 2.74 bits per heavy atom.